The fraction of sp³-hybridized carbons (Fsp3) is 0.444. The Morgan fingerprint density at radius 3 is 2.75 bits per heavy atom. The van der Waals surface area contributed by atoms with Crippen LogP contribution >= 0.6 is 0 Å². The number of hydrogen-bond acceptors (Lipinski definition) is 5. The molecule has 24 heavy (non-hydrogen) atoms. The molecule has 0 aliphatic carbocycles. The van der Waals surface area contributed by atoms with Crippen LogP contribution in [0.3, 0.4) is 0 Å². The zero-order chi connectivity index (χ0) is 17.1. The minimum Gasteiger partial charge on any atom is -0.508 e. The third-order valence-corrected chi connectivity index (χ3v) is 4.33. The third kappa shape index (κ3) is 3.82. The van der Waals surface area contributed by atoms with Crippen molar-refractivity contribution in [2.75, 3.05) is 18.0 Å². The number of rotatable bonds is 5. The van der Waals surface area contributed by atoms with Gasteiger partial charge in [0.15, 0.2) is 0 Å². The van der Waals surface area contributed by atoms with Crippen molar-refractivity contribution in [3.8, 4) is 5.75 Å². The summed E-state index contributed by atoms with van der Waals surface area (Å²) in [6, 6.07) is 5.75. The van der Waals surface area contributed by atoms with Gasteiger partial charge in [-0.2, -0.15) is 0 Å². The van der Waals surface area contributed by atoms with Crippen molar-refractivity contribution in [3.05, 3.63) is 47.0 Å². The van der Waals surface area contributed by atoms with Crippen LogP contribution in [-0.4, -0.2) is 28.2 Å². The lowest BCUT2D eigenvalue weighted by Crippen LogP contribution is -2.23. The molecule has 1 aliphatic rings. The number of anilines is 1. The Kier molecular flexibility index (Phi) is 4.94. The minimum atomic E-state index is -0.356. The first kappa shape index (κ1) is 16.6. The summed E-state index contributed by atoms with van der Waals surface area (Å²) in [4.78, 5) is 11.4. The Labute approximate surface area is 141 Å². The van der Waals surface area contributed by atoms with Crippen LogP contribution in [0.25, 0.3) is 0 Å². The molecule has 2 heterocycles. The van der Waals surface area contributed by atoms with E-state index in [0.29, 0.717) is 12.1 Å². The molecule has 6 heteroatoms. The molecule has 1 aliphatic heterocycles. The molecular formula is C18H23FN4O. The van der Waals surface area contributed by atoms with Crippen LogP contribution in [0, 0.1) is 12.7 Å². The lowest BCUT2D eigenvalue weighted by Gasteiger charge is -2.18. The predicted molar refractivity (Wildman–Crippen MR) is 91.5 cm³/mol. The molecule has 1 saturated heterocycles. The standard InChI is InChI=1S/C18H23FN4O/c1-12-9-15(22-18(21-12)23-7-3-4-8-23)11-20-13(2)16-10-14(19)5-6-17(16)24/h5-6,9-10,13,20,24H,3-4,7-8,11H2,1-2H3. The molecule has 128 valence electrons. The summed E-state index contributed by atoms with van der Waals surface area (Å²) in [6.45, 7) is 6.39. The number of hydrogen-bond donors (Lipinski definition) is 2. The molecule has 0 radical (unpaired) electrons. The summed E-state index contributed by atoms with van der Waals surface area (Å²) >= 11 is 0. The van der Waals surface area contributed by atoms with Gasteiger partial charge in [0.05, 0.1) is 5.69 Å². The van der Waals surface area contributed by atoms with E-state index in [-0.39, 0.29) is 17.6 Å². The van der Waals surface area contributed by atoms with Crippen molar-refractivity contribution < 1.29 is 9.50 Å². The molecule has 5 nitrogen and oxygen atoms in total. The zero-order valence-electron chi connectivity index (χ0n) is 14.1. The van der Waals surface area contributed by atoms with Crippen molar-refractivity contribution in [2.45, 2.75) is 39.3 Å². The monoisotopic (exact) mass is 330 g/mol. The average Bonchev–Trinajstić information content (AvgIpc) is 3.09. The first-order valence-corrected chi connectivity index (χ1v) is 8.34. The van der Waals surface area contributed by atoms with Gasteiger partial charge in [-0.05, 0) is 51.0 Å². The third-order valence-electron chi connectivity index (χ3n) is 4.33. The van der Waals surface area contributed by atoms with Crippen LogP contribution in [0.2, 0.25) is 0 Å². The Bertz CT molecular complexity index is 716. The minimum absolute atomic E-state index is 0.0908. The molecule has 0 spiro atoms. The smallest absolute Gasteiger partial charge is 0.225 e. The predicted octanol–water partition coefficient (Wildman–Crippen LogP) is 3.08. The van der Waals surface area contributed by atoms with Gasteiger partial charge in [-0.1, -0.05) is 0 Å². The summed E-state index contributed by atoms with van der Waals surface area (Å²) in [7, 11) is 0. The van der Waals surface area contributed by atoms with Crippen LogP contribution in [0.4, 0.5) is 10.3 Å². The van der Waals surface area contributed by atoms with E-state index in [1.54, 1.807) is 0 Å². The van der Waals surface area contributed by atoms with E-state index in [2.05, 4.69) is 20.2 Å². The number of halogens is 1. The van der Waals surface area contributed by atoms with Crippen molar-refractivity contribution in [1.82, 2.24) is 15.3 Å². The summed E-state index contributed by atoms with van der Waals surface area (Å²) in [5.41, 5.74) is 2.37. The van der Waals surface area contributed by atoms with Gasteiger partial charge < -0.3 is 15.3 Å². The molecule has 0 bridgehead atoms. The Balaban J connectivity index is 1.70. The van der Waals surface area contributed by atoms with Crippen molar-refractivity contribution in [1.29, 1.82) is 0 Å². The van der Waals surface area contributed by atoms with E-state index in [9.17, 15) is 9.50 Å². The van der Waals surface area contributed by atoms with E-state index in [1.165, 1.54) is 31.0 Å². The molecule has 1 aromatic heterocycles. The highest BCUT2D eigenvalue weighted by molar-refractivity contribution is 5.35. The maximum absolute atomic E-state index is 13.4. The number of phenols is 1. The van der Waals surface area contributed by atoms with E-state index in [1.807, 2.05) is 19.9 Å². The Hall–Kier alpha value is -2.21. The number of phenolic OH excluding ortho intramolecular Hbond substituents is 1. The quantitative estimate of drug-likeness (QED) is 0.882. The molecule has 2 N–H and O–H groups in total. The summed E-state index contributed by atoms with van der Waals surface area (Å²) in [5.74, 6) is 0.518. The molecule has 3 rings (SSSR count). The summed E-state index contributed by atoms with van der Waals surface area (Å²) < 4.78 is 13.4. The number of benzene rings is 1. The Morgan fingerprint density at radius 2 is 2.00 bits per heavy atom. The largest absolute Gasteiger partial charge is 0.508 e. The van der Waals surface area contributed by atoms with E-state index in [0.717, 1.165) is 30.4 Å². The van der Waals surface area contributed by atoms with Crippen molar-refractivity contribution in [3.63, 3.8) is 0 Å². The van der Waals surface area contributed by atoms with E-state index in [4.69, 9.17) is 0 Å². The van der Waals surface area contributed by atoms with Gasteiger partial charge in [0.1, 0.15) is 11.6 Å². The number of nitrogens with one attached hydrogen (secondary N) is 1. The number of aromatic hydroxyl groups is 1. The lowest BCUT2D eigenvalue weighted by molar-refractivity contribution is 0.448. The molecule has 1 atom stereocenters. The van der Waals surface area contributed by atoms with Gasteiger partial charge in [0.25, 0.3) is 0 Å². The van der Waals surface area contributed by atoms with Crippen molar-refractivity contribution in [2.24, 2.45) is 0 Å². The van der Waals surface area contributed by atoms with E-state index < -0.39 is 0 Å². The summed E-state index contributed by atoms with van der Waals surface area (Å²) in [5, 5.41) is 13.2. The fourth-order valence-corrected chi connectivity index (χ4v) is 3.01. The number of aromatic nitrogens is 2. The summed E-state index contributed by atoms with van der Waals surface area (Å²) in [6.07, 6.45) is 2.36. The second kappa shape index (κ2) is 7.13. The maximum atomic E-state index is 13.4. The van der Waals surface area contributed by atoms with Gasteiger partial charge in [-0.15, -0.1) is 0 Å². The van der Waals surface area contributed by atoms with Crippen molar-refractivity contribution >= 4 is 5.95 Å². The number of nitrogens with zero attached hydrogens (tertiary/aromatic N) is 3. The van der Waals surface area contributed by atoms with Gasteiger partial charge >= 0.3 is 0 Å². The normalized spacial score (nSPS) is 15.7. The van der Waals surface area contributed by atoms with Crippen LogP contribution in [0.15, 0.2) is 24.3 Å². The second-order valence-electron chi connectivity index (χ2n) is 6.30. The topological polar surface area (TPSA) is 61.3 Å². The molecular weight excluding hydrogens is 307 g/mol. The van der Waals surface area contributed by atoms with Gasteiger partial charge in [-0.25, -0.2) is 14.4 Å². The molecule has 1 fully saturated rings. The van der Waals surface area contributed by atoms with Crippen LogP contribution < -0.4 is 10.2 Å². The highest BCUT2D eigenvalue weighted by atomic mass is 19.1. The number of aryl methyl sites for hydroxylation is 1. The molecule has 0 saturated carbocycles. The zero-order valence-corrected chi connectivity index (χ0v) is 14.1. The highest BCUT2D eigenvalue weighted by Crippen LogP contribution is 2.25. The Morgan fingerprint density at radius 1 is 1.25 bits per heavy atom. The molecule has 2 aromatic rings. The first-order valence-electron chi connectivity index (χ1n) is 8.34. The van der Waals surface area contributed by atoms with Gasteiger partial charge in [0.2, 0.25) is 5.95 Å². The van der Waals surface area contributed by atoms with Gasteiger partial charge in [-0.3, -0.25) is 0 Å². The average molecular weight is 330 g/mol. The van der Waals surface area contributed by atoms with Gasteiger partial charge in [0, 0.05) is 36.9 Å². The van der Waals surface area contributed by atoms with E-state index >= 15 is 0 Å². The van der Waals surface area contributed by atoms with Crippen LogP contribution in [0.5, 0.6) is 5.75 Å². The van der Waals surface area contributed by atoms with Crippen LogP contribution in [-0.2, 0) is 6.54 Å². The maximum Gasteiger partial charge on any atom is 0.225 e. The highest BCUT2D eigenvalue weighted by Gasteiger charge is 2.16. The molecule has 0 amide bonds. The molecule has 1 aromatic carbocycles. The fourth-order valence-electron chi connectivity index (χ4n) is 3.01. The first-order chi connectivity index (χ1) is 11.5. The molecule has 1 unspecified atom stereocenters. The lowest BCUT2D eigenvalue weighted by atomic mass is 10.1. The second-order valence-corrected chi connectivity index (χ2v) is 6.30. The SMILES string of the molecule is Cc1cc(CNC(C)c2cc(F)ccc2O)nc(N2CCCC2)n1. The van der Waals surface area contributed by atoms with Crippen LogP contribution in [0.1, 0.15) is 42.8 Å².